The summed E-state index contributed by atoms with van der Waals surface area (Å²) in [5, 5.41) is 10.7. The molecule has 0 bridgehead atoms. The van der Waals surface area contributed by atoms with Gasteiger partial charge in [-0.2, -0.15) is 13.2 Å². The fraction of sp³-hybridized carbons (Fsp3) is 0.375. The van der Waals surface area contributed by atoms with Gasteiger partial charge in [-0.1, -0.05) is 48.5 Å². The average Bonchev–Trinajstić information content (AvgIpc) is 3.07. The number of amides is 2. The van der Waals surface area contributed by atoms with Crippen LogP contribution in [0.3, 0.4) is 0 Å². The van der Waals surface area contributed by atoms with Gasteiger partial charge in [0.1, 0.15) is 12.6 Å². The Morgan fingerprint density at radius 1 is 1.03 bits per heavy atom. The second-order valence-corrected chi connectivity index (χ2v) is 8.44. The van der Waals surface area contributed by atoms with Gasteiger partial charge in [-0.25, -0.2) is 4.79 Å². The number of carboxylic acids is 1. The lowest BCUT2D eigenvalue weighted by Gasteiger charge is -2.37. The Hall–Kier alpha value is -3.56. The third-order valence-electron chi connectivity index (χ3n) is 6.26. The number of aliphatic carboxylic acids is 1. The number of benzene rings is 2. The van der Waals surface area contributed by atoms with Crippen LogP contribution >= 0.6 is 0 Å². The van der Waals surface area contributed by atoms with E-state index in [-0.39, 0.29) is 25.6 Å². The second-order valence-electron chi connectivity index (χ2n) is 8.44. The molecular formula is C24H23F3N2O5. The third-order valence-corrected chi connectivity index (χ3v) is 6.26. The van der Waals surface area contributed by atoms with Crippen LogP contribution in [0.2, 0.25) is 0 Å². The lowest BCUT2D eigenvalue weighted by molar-refractivity contribution is -0.159. The average molecular weight is 476 g/mol. The molecule has 0 aromatic heterocycles. The van der Waals surface area contributed by atoms with E-state index in [4.69, 9.17) is 9.84 Å². The van der Waals surface area contributed by atoms with Gasteiger partial charge in [0.15, 0.2) is 0 Å². The first kappa shape index (κ1) is 23.6. The fourth-order valence-electron chi connectivity index (χ4n) is 4.36. The highest BCUT2D eigenvalue weighted by atomic mass is 19.4. The molecule has 1 heterocycles. The summed E-state index contributed by atoms with van der Waals surface area (Å²) in [5.74, 6) is -2.62. The predicted octanol–water partition coefficient (Wildman–Crippen LogP) is 3.78. The standard InChI is InChI=1S/C24H23F3N2O5/c25-24(26,27)20(9-10-21(30)29-11-14(12-29)22(31)32)28-23(33)34-13-19-17-7-3-1-5-15(17)16-6-2-4-8-18(16)19/h1-8,14,19-20H,9-13H2,(H,28,33)(H,31,32)/t20-/m0/s1. The van der Waals surface area contributed by atoms with Gasteiger partial charge in [0.25, 0.3) is 0 Å². The minimum Gasteiger partial charge on any atom is -0.481 e. The number of carbonyl (C=O) groups is 3. The molecule has 2 aliphatic rings. The van der Waals surface area contributed by atoms with Crippen molar-refractivity contribution in [1.29, 1.82) is 0 Å². The second kappa shape index (κ2) is 9.36. The molecule has 2 amide bonds. The molecule has 180 valence electrons. The van der Waals surface area contributed by atoms with Crippen molar-refractivity contribution in [3.8, 4) is 11.1 Å². The number of nitrogens with zero attached hydrogens (tertiary/aromatic N) is 1. The van der Waals surface area contributed by atoms with Crippen LogP contribution in [0.4, 0.5) is 18.0 Å². The summed E-state index contributed by atoms with van der Waals surface area (Å²) in [4.78, 5) is 36.3. The van der Waals surface area contributed by atoms with Crippen molar-refractivity contribution in [3.05, 3.63) is 59.7 Å². The Kier molecular flexibility index (Phi) is 6.49. The van der Waals surface area contributed by atoms with Crippen LogP contribution in [0.15, 0.2) is 48.5 Å². The lowest BCUT2D eigenvalue weighted by Crippen LogP contribution is -2.53. The highest BCUT2D eigenvalue weighted by Gasteiger charge is 2.42. The largest absolute Gasteiger partial charge is 0.481 e. The van der Waals surface area contributed by atoms with Crippen molar-refractivity contribution in [2.75, 3.05) is 19.7 Å². The van der Waals surface area contributed by atoms with Crippen molar-refractivity contribution < 1.29 is 37.4 Å². The van der Waals surface area contributed by atoms with E-state index < -0.39 is 48.9 Å². The van der Waals surface area contributed by atoms with Crippen LogP contribution in [0, 0.1) is 5.92 Å². The molecule has 0 spiro atoms. The zero-order chi connectivity index (χ0) is 24.5. The van der Waals surface area contributed by atoms with Crippen LogP contribution in [-0.2, 0) is 14.3 Å². The fourth-order valence-corrected chi connectivity index (χ4v) is 4.36. The van der Waals surface area contributed by atoms with Crippen molar-refractivity contribution >= 4 is 18.0 Å². The van der Waals surface area contributed by atoms with E-state index in [1.54, 1.807) is 0 Å². The number of carboxylic acid groups (broad SMARTS) is 1. The molecule has 10 heteroatoms. The van der Waals surface area contributed by atoms with E-state index in [0.29, 0.717) is 0 Å². The quantitative estimate of drug-likeness (QED) is 0.634. The van der Waals surface area contributed by atoms with Crippen LogP contribution in [0.25, 0.3) is 11.1 Å². The summed E-state index contributed by atoms with van der Waals surface area (Å²) < 4.78 is 45.6. The maximum absolute atomic E-state index is 13.5. The number of ether oxygens (including phenoxy) is 1. The molecule has 4 rings (SSSR count). The van der Waals surface area contributed by atoms with Crippen molar-refractivity contribution in [1.82, 2.24) is 10.2 Å². The van der Waals surface area contributed by atoms with Gasteiger partial charge in [0.2, 0.25) is 5.91 Å². The molecule has 7 nitrogen and oxygen atoms in total. The first-order valence-electron chi connectivity index (χ1n) is 10.8. The maximum Gasteiger partial charge on any atom is 0.408 e. The van der Waals surface area contributed by atoms with Gasteiger partial charge in [-0.3, -0.25) is 9.59 Å². The Bertz CT molecular complexity index is 1050. The number of hydrogen-bond acceptors (Lipinski definition) is 4. The summed E-state index contributed by atoms with van der Waals surface area (Å²) in [6.45, 7) is -0.178. The number of alkyl carbamates (subject to hydrolysis) is 1. The van der Waals surface area contributed by atoms with Crippen LogP contribution in [0.1, 0.15) is 29.9 Å². The highest BCUT2D eigenvalue weighted by molar-refractivity contribution is 5.81. The summed E-state index contributed by atoms with van der Waals surface area (Å²) in [6.07, 6.45) is -7.13. The molecule has 0 unspecified atom stereocenters. The van der Waals surface area contributed by atoms with Crippen LogP contribution in [-0.4, -0.2) is 59.9 Å². The number of halogens is 3. The van der Waals surface area contributed by atoms with Crippen LogP contribution < -0.4 is 5.32 Å². The third kappa shape index (κ3) is 4.85. The summed E-state index contributed by atoms with van der Waals surface area (Å²) in [7, 11) is 0. The van der Waals surface area contributed by atoms with E-state index in [1.807, 2.05) is 53.8 Å². The first-order valence-corrected chi connectivity index (χ1v) is 10.8. The Balaban J connectivity index is 1.33. The summed E-state index contributed by atoms with van der Waals surface area (Å²) >= 11 is 0. The summed E-state index contributed by atoms with van der Waals surface area (Å²) in [6, 6.07) is 12.9. The minimum absolute atomic E-state index is 0.0232. The number of alkyl halides is 3. The molecule has 2 aromatic rings. The van der Waals surface area contributed by atoms with Gasteiger partial charge < -0.3 is 20.1 Å². The van der Waals surface area contributed by atoms with Crippen LogP contribution in [0.5, 0.6) is 0 Å². The molecule has 0 saturated carbocycles. The Morgan fingerprint density at radius 3 is 2.12 bits per heavy atom. The highest BCUT2D eigenvalue weighted by Crippen LogP contribution is 2.44. The predicted molar refractivity (Wildman–Crippen MR) is 115 cm³/mol. The lowest BCUT2D eigenvalue weighted by atomic mass is 9.98. The number of fused-ring (bicyclic) bond motifs is 3. The molecule has 1 saturated heterocycles. The molecule has 1 atom stereocenters. The van der Waals surface area contributed by atoms with Gasteiger partial charge in [-0.05, 0) is 28.7 Å². The Morgan fingerprint density at radius 2 is 1.59 bits per heavy atom. The SMILES string of the molecule is O=C(N[C@@H](CCC(=O)N1CC(C(=O)O)C1)C(F)(F)F)OCC1c2ccccc2-c2ccccc21. The number of carbonyl (C=O) groups excluding carboxylic acids is 2. The van der Waals surface area contributed by atoms with E-state index in [2.05, 4.69) is 0 Å². The zero-order valence-corrected chi connectivity index (χ0v) is 18.0. The van der Waals surface area contributed by atoms with Crippen molar-refractivity contribution in [3.63, 3.8) is 0 Å². The number of nitrogens with one attached hydrogen (secondary N) is 1. The molecule has 1 aliphatic carbocycles. The van der Waals surface area contributed by atoms with Gasteiger partial charge in [-0.15, -0.1) is 0 Å². The molecule has 34 heavy (non-hydrogen) atoms. The van der Waals surface area contributed by atoms with E-state index in [0.717, 1.165) is 22.3 Å². The normalized spacial score (nSPS) is 16.3. The Labute approximate surface area is 193 Å². The van der Waals surface area contributed by atoms with E-state index in [1.165, 1.54) is 4.90 Å². The maximum atomic E-state index is 13.5. The topological polar surface area (TPSA) is 95.9 Å². The smallest absolute Gasteiger partial charge is 0.408 e. The molecule has 1 aliphatic heterocycles. The molecule has 2 aromatic carbocycles. The van der Waals surface area contributed by atoms with Crippen molar-refractivity contribution in [2.24, 2.45) is 5.92 Å². The number of hydrogen-bond donors (Lipinski definition) is 2. The first-order chi connectivity index (χ1) is 16.1. The number of likely N-dealkylation sites (tertiary alicyclic amines) is 1. The van der Waals surface area contributed by atoms with E-state index >= 15 is 0 Å². The molecule has 0 radical (unpaired) electrons. The van der Waals surface area contributed by atoms with Crippen molar-refractivity contribution in [2.45, 2.75) is 31.0 Å². The molecule has 1 fully saturated rings. The summed E-state index contributed by atoms with van der Waals surface area (Å²) in [5.41, 5.74) is 3.86. The minimum atomic E-state index is -4.77. The molecular weight excluding hydrogens is 453 g/mol. The van der Waals surface area contributed by atoms with Gasteiger partial charge in [0.05, 0.1) is 5.92 Å². The monoisotopic (exact) mass is 476 g/mol. The molecule has 2 N–H and O–H groups in total. The van der Waals surface area contributed by atoms with E-state index in [9.17, 15) is 27.6 Å². The van der Waals surface area contributed by atoms with Gasteiger partial charge >= 0.3 is 18.2 Å². The zero-order valence-electron chi connectivity index (χ0n) is 18.0. The number of rotatable bonds is 7. The van der Waals surface area contributed by atoms with Gasteiger partial charge in [0, 0.05) is 25.4 Å².